The van der Waals surface area contributed by atoms with Crippen molar-refractivity contribution in [1.29, 1.82) is 5.26 Å². The standard InChI is InChI=1S/C13H12ClN3S2/c1-9(18-10-5-3-2-4-6-10)8-16-13-11(7-15)12(14)17-19-13/h2-6,9,16H,8H2,1H3. The third kappa shape index (κ3) is 3.87. The van der Waals surface area contributed by atoms with Gasteiger partial charge >= 0.3 is 0 Å². The van der Waals surface area contributed by atoms with Crippen molar-refractivity contribution in [2.24, 2.45) is 0 Å². The number of nitrogens with one attached hydrogen (secondary N) is 1. The molecule has 0 bridgehead atoms. The van der Waals surface area contributed by atoms with Gasteiger partial charge in [-0.1, -0.05) is 36.7 Å². The molecule has 6 heteroatoms. The minimum absolute atomic E-state index is 0.276. The highest BCUT2D eigenvalue weighted by molar-refractivity contribution is 8.00. The van der Waals surface area contributed by atoms with E-state index >= 15 is 0 Å². The molecule has 1 N–H and O–H groups in total. The Kier molecular flexibility index (Phi) is 5.08. The van der Waals surface area contributed by atoms with Crippen molar-refractivity contribution in [2.45, 2.75) is 17.1 Å². The lowest BCUT2D eigenvalue weighted by atomic mass is 10.3. The Labute approximate surface area is 125 Å². The van der Waals surface area contributed by atoms with Gasteiger partial charge in [0.25, 0.3) is 0 Å². The lowest BCUT2D eigenvalue weighted by molar-refractivity contribution is 1.00. The molecular weight excluding hydrogens is 298 g/mol. The molecule has 1 atom stereocenters. The molecule has 1 aromatic heterocycles. The van der Waals surface area contributed by atoms with E-state index < -0.39 is 0 Å². The van der Waals surface area contributed by atoms with Gasteiger partial charge in [-0.3, -0.25) is 0 Å². The van der Waals surface area contributed by atoms with E-state index in [0.29, 0.717) is 10.8 Å². The molecule has 0 aliphatic rings. The summed E-state index contributed by atoms with van der Waals surface area (Å²) < 4.78 is 3.96. The largest absolute Gasteiger partial charge is 0.373 e. The van der Waals surface area contributed by atoms with Crippen LogP contribution < -0.4 is 5.32 Å². The summed E-state index contributed by atoms with van der Waals surface area (Å²) in [6.07, 6.45) is 0. The summed E-state index contributed by atoms with van der Waals surface area (Å²) in [6.45, 7) is 2.89. The molecule has 0 fully saturated rings. The number of nitriles is 1. The van der Waals surface area contributed by atoms with Crippen LogP contribution in [0.2, 0.25) is 5.15 Å². The average Bonchev–Trinajstić information content (AvgIpc) is 2.78. The Morgan fingerprint density at radius 2 is 2.21 bits per heavy atom. The van der Waals surface area contributed by atoms with E-state index in [9.17, 15) is 0 Å². The molecule has 0 radical (unpaired) electrons. The topological polar surface area (TPSA) is 48.7 Å². The first-order valence-electron chi connectivity index (χ1n) is 5.71. The van der Waals surface area contributed by atoms with Crippen LogP contribution >= 0.6 is 34.9 Å². The van der Waals surface area contributed by atoms with Crippen LogP contribution in [-0.4, -0.2) is 16.2 Å². The van der Waals surface area contributed by atoms with Crippen molar-refractivity contribution in [1.82, 2.24) is 4.37 Å². The van der Waals surface area contributed by atoms with Crippen LogP contribution in [0.25, 0.3) is 0 Å². The zero-order valence-electron chi connectivity index (χ0n) is 10.3. The van der Waals surface area contributed by atoms with Crippen LogP contribution in [0.4, 0.5) is 5.00 Å². The van der Waals surface area contributed by atoms with Gasteiger partial charge in [-0.2, -0.15) is 9.64 Å². The Balaban J connectivity index is 1.90. The molecule has 1 heterocycles. The van der Waals surface area contributed by atoms with E-state index in [2.05, 4.69) is 34.8 Å². The van der Waals surface area contributed by atoms with Crippen LogP contribution in [0.1, 0.15) is 12.5 Å². The Morgan fingerprint density at radius 3 is 2.89 bits per heavy atom. The molecule has 2 rings (SSSR count). The van der Waals surface area contributed by atoms with Gasteiger partial charge in [0, 0.05) is 16.7 Å². The molecule has 19 heavy (non-hydrogen) atoms. The van der Waals surface area contributed by atoms with Gasteiger partial charge in [-0.05, 0) is 23.7 Å². The third-order valence-electron chi connectivity index (χ3n) is 2.39. The van der Waals surface area contributed by atoms with Crippen molar-refractivity contribution in [3.8, 4) is 6.07 Å². The molecule has 0 amide bonds. The zero-order valence-corrected chi connectivity index (χ0v) is 12.6. The van der Waals surface area contributed by atoms with Gasteiger partial charge in [0.1, 0.15) is 16.6 Å². The minimum Gasteiger partial charge on any atom is -0.373 e. The number of anilines is 1. The summed E-state index contributed by atoms with van der Waals surface area (Å²) in [5.41, 5.74) is 0.434. The summed E-state index contributed by atoms with van der Waals surface area (Å²) in [6, 6.07) is 12.3. The lowest BCUT2D eigenvalue weighted by Crippen LogP contribution is -2.12. The first-order chi connectivity index (χ1) is 9.20. The average molecular weight is 310 g/mol. The molecule has 0 saturated carbocycles. The van der Waals surface area contributed by atoms with Crippen molar-refractivity contribution in [3.05, 3.63) is 41.0 Å². The Bertz CT molecular complexity index is 577. The molecule has 0 saturated heterocycles. The van der Waals surface area contributed by atoms with Crippen LogP contribution in [0.15, 0.2) is 35.2 Å². The van der Waals surface area contributed by atoms with Gasteiger partial charge in [0.05, 0.1) is 0 Å². The third-order valence-corrected chi connectivity index (χ3v) is 4.68. The molecule has 1 unspecified atom stereocenters. The molecule has 2 aromatic rings. The highest BCUT2D eigenvalue weighted by Gasteiger charge is 2.12. The van der Waals surface area contributed by atoms with Gasteiger partial charge in [0.15, 0.2) is 5.15 Å². The molecule has 0 aliphatic heterocycles. The fourth-order valence-corrected chi connectivity index (χ4v) is 3.38. The predicted molar refractivity (Wildman–Crippen MR) is 82.1 cm³/mol. The Morgan fingerprint density at radius 1 is 1.47 bits per heavy atom. The number of nitrogens with zero attached hydrogens (tertiary/aromatic N) is 2. The van der Waals surface area contributed by atoms with Crippen molar-refractivity contribution in [3.63, 3.8) is 0 Å². The maximum Gasteiger partial charge on any atom is 0.162 e. The number of benzene rings is 1. The molecule has 98 valence electrons. The highest BCUT2D eigenvalue weighted by Crippen LogP contribution is 2.28. The van der Waals surface area contributed by atoms with Gasteiger partial charge in [-0.15, -0.1) is 11.8 Å². The number of thioether (sulfide) groups is 1. The van der Waals surface area contributed by atoms with Gasteiger partial charge in [0.2, 0.25) is 0 Å². The number of halogens is 1. The molecule has 1 aromatic carbocycles. The number of hydrogen-bond acceptors (Lipinski definition) is 5. The highest BCUT2D eigenvalue weighted by atomic mass is 35.5. The normalized spacial score (nSPS) is 11.8. The second kappa shape index (κ2) is 6.80. The second-order valence-corrected chi connectivity index (χ2v) is 6.55. The quantitative estimate of drug-likeness (QED) is 0.838. The van der Waals surface area contributed by atoms with Crippen molar-refractivity contribution in [2.75, 3.05) is 11.9 Å². The minimum atomic E-state index is 0.276. The summed E-state index contributed by atoms with van der Waals surface area (Å²) in [5.74, 6) is 0. The molecular formula is C13H12ClN3S2. The number of aromatic nitrogens is 1. The van der Waals surface area contributed by atoms with Gasteiger partial charge in [-0.25, -0.2) is 0 Å². The predicted octanol–water partition coefficient (Wildman–Crippen LogP) is 4.26. The van der Waals surface area contributed by atoms with E-state index in [1.165, 1.54) is 16.4 Å². The summed E-state index contributed by atoms with van der Waals surface area (Å²) in [7, 11) is 0. The van der Waals surface area contributed by atoms with Crippen LogP contribution in [-0.2, 0) is 0 Å². The maximum atomic E-state index is 8.98. The smallest absolute Gasteiger partial charge is 0.162 e. The van der Waals surface area contributed by atoms with E-state index in [0.717, 1.165) is 11.5 Å². The fraction of sp³-hybridized carbons (Fsp3) is 0.231. The zero-order chi connectivity index (χ0) is 13.7. The lowest BCUT2D eigenvalue weighted by Gasteiger charge is -2.12. The van der Waals surface area contributed by atoms with E-state index in [1.54, 1.807) is 11.8 Å². The monoisotopic (exact) mass is 309 g/mol. The fourth-order valence-electron chi connectivity index (χ4n) is 1.50. The molecule has 3 nitrogen and oxygen atoms in total. The molecule has 0 spiro atoms. The van der Waals surface area contributed by atoms with E-state index in [4.69, 9.17) is 16.9 Å². The first kappa shape index (κ1) is 14.2. The van der Waals surface area contributed by atoms with E-state index in [1.807, 2.05) is 18.2 Å². The maximum absolute atomic E-state index is 8.98. The Hall–Kier alpha value is -1.22. The van der Waals surface area contributed by atoms with Crippen molar-refractivity contribution < 1.29 is 0 Å². The molecule has 0 aliphatic carbocycles. The first-order valence-corrected chi connectivity index (χ1v) is 7.74. The summed E-state index contributed by atoms with van der Waals surface area (Å²) in [5, 5.41) is 13.6. The number of rotatable bonds is 5. The number of hydrogen-bond donors (Lipinski definition) is 1. The second-order valence-electron chi connectivity index (χ2n) is 3.91. The van der Waals surface area contributed by atoms with Crippen molar-refractivity contribution >= 4 is 39.9 Å². The van der Waals surface area contributed by atoms with Crippen LogP contribution in [0, 0.1) is 11.3 Å². The SMILES string of the molecule is CC(CNc1snc(Cl)c1C#N)Sc1ccccc1. The van der Waals surface area contributed by atoms with Gasteiger partial charge < -0.3 is 5.32 Å². The van der Waals surface area contributed by atoms with Crippen LogP contribution in [0.3, 0.4) is 0 Å². The van der Waals surface area contributed by atoms with E-state index in [-0.39, 0.29) is 5.15 Å². The van der Waals surface area contributed by atoms with Crippen LogP contribution in [0.5, 0.6) is 0 Å². The summed E-state index contributed by atoms with van der Waals surface area (Å²) in [4.78, 5) is 1.24. The summed E-state index contributed by atoms with van der Waals surface area (Å²) >= 11 is 8.83.